The van der Waals surface area contributed by atoms with Gasteiger partial charge in [-0.15, -0.1) is 0 Å². The smallest absolute Gasteiger partial charge is 0.155 e. The van der Waals surface area contributed by atoms with E-state index in [2.05, 4.69) is 15.9 Å². The molecular weight excluding hydrogens is 286 g/mol. The van der Waals surface area contributed by atoms with Gasteiger partial charge in [-0.25, -0.2) is 4.39 Å². The summed E-state index contributed by atoms with van der Waals surface area (Å²) in [6.07, 6.45) is 3.23. The molecule has 44 valence electrons. The maximum absolute atomic E-state index is 12.2. The van der Waals surface area contributed by atoms with Crippen molar-refractivity contribution < 1.29 is 4.39 Å². The van der Waals surface area contributed by atoms with E-state index in [0.717, 1.165) is 4.48 Å². The van der Waals surface area contributed by atoms with Crippen LogP contribution in [0, 0.1) is 0 Å². The SMILES string of the molecule is FC1=IC=C(Br)C=C1. The first-order chi connectivity index (χ1) is 3.79. The molecule has 0 spiro atoms. The Kier molecular flexibility index (Phi) is 2.37. The minimum Gasteiger partial charge on any atom is -0.200 e. The Labute approximate surface area is 65.3 Å². The van der Waals surface area contributed by atoms with Gasteiger partial charge >= 0.3 is 0 Å². The summed E-state index contributed by atoms with van der Waals surface area (Å²) >= 11 is 2.80. The molecule has 0 radical (unpaired) electrons. The lowest BCUT2D eigenvalue weighted by molar-refractivity contribution is 0.839. The van der Waals surface area contributed by atoms with E-state index >= 15 is 0 Å². The van der Waals surface area contributed by atoms with E-state index in [1.165, 1.54) is 6.08 Å². The van der Waals surface area contributed by atoms with E-state index in [9.17, 15) is 4.39 Å². The van der Waals surface area contributed by atoms with Crippen LogP contribution in [-0.4, -0.2) is 3.76 Å². The van der Waals surface area contributed by atoms with Gasteiger partial charge < -0.3 is 0 Å². The fourth-order valence-electron chi connectivity index (χ4n) is 0.320. The number of halogens is 3. The van der Waals surface area contributed by atoms with E-state index in [-0.39, 0.29) is 3.76 Å². The van der Waals surface area contributed by atoms with E-state index < -0.39 is 20.7 Å². The van der Waals surface area contributed by atoms with Gasteiger partial charge in [0, 0.05) is 4.48 Å². The number of allylic oxidation sites excluding steroid dienone is 3. The second-order valence-corrected chi connectivity index (χ2v) is 4.42. The number of hydrogen-bond acceptors (Lipinski definition) is 0. The van der Waals surface area contributed by atoms with Gasteiger partial charge in [-0.1, -0.05) is 36.7 Å². The molecule has 0 bridgehead atoms. The molecule has 0 saturated heterocycles. The van der Waals surface area contributed by atoms with Crippen LogP contribution >= 0.6 is 36.7 Å². The topological polar surface area (TPSA) is 0 Å². The highest BCUT2D eigenvalue weighted by atomic mass is 127. The summed E-state index contributed by atoms with van der Waals surface area (Å²) in [6, 6.07) is 0. The van der Waals surface area contributed by atoms with Crippen LogP contribution in [0.5, 0.6) is 0 Å². The van der Waals surface area contributed by atoms with Crippen LogP contribution in [0.25, 0.3) is 0 Å². The van der Waals surface area contributed by atoms with Crippen LogP contribution < -0.4 is 0 Å². The van der Waals surface area contributed by atoms with Crippen molar-refractivity contribution in [1.82, 2.24) is 0 Å². The summed E-state index contributed by atoms with van der Waals surface area (Å²) in [5.41, 5.74) is 0. The summed E-state index contributed by atoms with van der Waals surface area (Å²) < 4.78 is 15.1. The van der Waals surface area contributed by atoms with E-state index in [1.807, 2.05) is 4.08 Å². The molecule has 3 heteroatoms. The fraction of sp³-hybridized carbons (Fsp3) is 0. The van der Waals surface area contributed by atoms with Crippen molar-refractivity contribution in [2.24, 2.45) is 0 Å². The van der Waals surface area contributed by atoms with Crippen LogP contribution in [0.3, 0.4) is 0 Å². The molecular formula is C5H3BrFI. The average Bonchev–Trinajstić information content (AvgIpc) is 1.77. The molecule has 0 aromatic rings. The summed E-state index contributed by atoms with van der Waals surface area (Å²) in [7, 11) is 0. The molecule has 1 heterocycles. The molecule has 0 N–H and O–H groups in total. The van der Waals surface area contributed by atoms with Crippen molar-refractivity contribution in [3.05, 3.63) is 20.7 Å². The van der Waals surface area contributed by atoms with Gasteiger partial charge in [-0.05, 0) is 16.2 Å². The standard InChI is InChI=1S/C5H3BrFI/c6-4-1-2-5(7)8-3-4/h1-3H. The van der Waals surface area contributed by atoms with Crippen LogP contribution in [0.15, 0.2) is 20.7 Å². The molecule has 0 unspecified atom stereocenters. The predicted octanol–water partition coefficient (Wildman–Crippen LogP) is 2.86. The lowest BCUT2D eigenvalue weighted by atomic mass is 10.5. The molecule has 0 atom stereocenters. The van der Waals surface area contributed by atoms with Gasteiger partial charge in [0.2, 0.25) is 0 Å². The Bertz CT molecular complexity index is 161. The van der Waals surface area contributed by atoms with Crippen molar-refractivity contribution in [3.63, 3.8) is 0 Å². The summed E-state index contributed by atoms with van der Waals surface area (Å²) in [5.74, 6) is 0. The third kappa shape index (κ3) is 1.78. The zero-order chi connectivity index (χ0) is 5.98. The Balaban J connectivity index is 2.86. The Hall–Kier alpha value is 0.490. The van der Waals surface area contributed by atoms with Crippen LogP contribution in [0.1, 0.15) is 0 Å². The zero-order valence-corrected chi connectivity index (χ0v) is 7.61. The summed E-state index contributed by atoms with van der Waals surface area (Å²) in [5, 5.41) is 0. The molecule has 0 aromatic carbocycles. The van der Waals surface area contributed by atoms with E-state index in [1.54, 1.807) is 6.08 Å². The highest BCUT2D eigenvalue weighted by molar-refractivity contribution is 14.2. The van der Waals surface area contributed by atoms with Gasteiger partial charge in [0.05, 0.1) is 0 Å². The van der Waals surface area contributed by atoms with Crippen LogP contribution in [0.4, 0.5) is 4.39 Å². The first-order valence-electron chi connectivity index (χ1n) is 1.98. The molecule has 0 amide bonds. The van der Waals surface area contributed by atoms with Crippen LogP contribution in [-0.2, 0) is 0 Å². The van der Waals surface area contributed by atoms with Crippen molar-refractivity contribution >= 4 is 40.4 Å². The van der Waals surface area contributed by atoms with Gasteiger partial charge in [-0.3, -0.25) is 0 Å². The van der Waals surface area contributed by atoms with Crippen molar-refractivity contribution in [1.29, 1.82) is 0 Å². The molecule has 0 aliphatic carbocycles. The number of hydrogen-bond donors (Lipinski definition) is 0. The number of rotatable bonds is 0. The predicted molar refractivity (Wildman–Crippen MR) is 46.3 cm³/mol. The summed E-state index contributed by atoms with van der Waals surface area (Å²) in [6.45, 7) is 0. The van der Waals surface area contributed by atoms with Crippen molar-refractivity contribution in [3.8, 4) is 0 Å². The monoisotopic (exact) mass is 288 g/mol. The quantitative estimate of drug-likeness (QED) is 0.601. The Morgan fingerprint density at radius 3 is 2.62 bits per heavy atom. The molecule has 1 aliphatic heterocycles. The molecule has 1 aliphatic rings. The van der Waals surface area contributed by atoms with Crippen molar-refractivity contribution in [2.45, 2.75) is 0 Å². The maximum atomic E-state index is 12.2. The fourth-order valence-corrected chi connectivity index (χ4v) is 2.22. The average molecular weight is 289 g/mol. The minimum absolute atomic E-state index is 0.0343. The molecule has 1 rings (SSSR count). The third-order valence-corrected chi connectivity index (χ3v) is 3.92. The second kappa shape index (κ2) is 2.87. The van der Waals surface area contributed by atoms with Gasteiger partial charge in [0.15, 0.2) is 3.76 Å². The van der Waals surface area contributed by atoms with E-state index in [0.29, 0.717) is 0 Å². The highest BCUT2D eigenvalue weighted by Gasteiger charge is 1.92. The largest absolute Gasteiger partial charge is 0.200 e. The molecule has 0 saturated carbocycles. The zero-order valence-electron chi connectivity index (χ0n) is 3.87. The van der Waals surface area contributed by atoms with Crippen molar-refractivity contribution in [2.75, 3.05) is 0 Å². The lowest BCUT2D eigenvalue weighted by Gasteiger charge is -1.90. The van der Waals surface area contributed by atoms with Gasteiger partial charge in [-0.2, -0.15) is 0 Å². The molecule has 0 nitrogen and oxygen atoms in total. The van der Waals surface area contributed by atoms with Gasteiger partial charge in [0.1, 0.15) is 0 Å². The molecule has 0 aromatic heterocycles. The normalized spacial score (nSPS) is 18.8. The summed E-state index contributed by atoms with van der Waals surface area (Å²) in [4.78, 5) is 0. The maximum Gasteiger partial charge on any atom is 0.155 e. The van der Waals surface area contributed by atoms with Gasteiger partial charge in [0.25, 0.3) is 0 Å². The van der Waals surface area contributed by atoms with E-state index in [4.69, 9.17) is 0 Å². The molecule has 0 fully saturated rings. The van der Waals surface area contributed by atoms with Crippen LogP contribution in [0.2, 0.25) is 0 Å². The Morgan fingerprint density at radius 1 is 1.50 bits per heavy atom. The third-order valence-electron chi connectivity index (χ3n) is 0.632. The molecule has 8 heavy (non-hydrogen) atoms. The first-order valence-corrected chi connectivity index (χ1v) is 5.10. The Morgan fingerprint density at radius 2 is 2.25 bits per heavy atom. The minimum atomic E-state index is -0.434. The lowest BCUT2D eigenvalue weighted by Crippen LogP contribution is -1.76. The first kappa shape index (κ1) is 6.61. The highest BCUT2D eigenvalue weighted by Crippen LogP contribution is 2.19. The second-order valence-electron chi connectivity index (χ2n) is 1.23.